The maximum atomic E-state index is 14.5. The number of carbonyl (C=O) groups is 3. The highest BCUT2D eigenvalue weighted by molar-refractivity contribution is 6.03. The molecule has 0 radical (unpaired) electrons. The lowest BCUT2D eigenvalue weighted by atomic mass is 9.34. The lowest BCUT2D eigenvalue weighted by molar-refractivity contribution is -0.174. The largest absolute Gasteiger partial charge is 0.350 e. The number of rotatable bonds is 4. The molecule has 7 atom stereocenters. The summed E-state index contributed by atoms with van der Waals surface area (Å²) in [6.45, 7) is 22.2. The van der Waals surface area contributed by atoms with Gasteiger partial charge >= 0.3 is 0 Å². The number of hydrogen-bond donors (Lipinski definition) is 1. The third kappa shape index (κ3) is 4.20. The third-order valence-corrected chi connectivity index (χ3v) is 13.0. The average Bonchev–Trinajstić information content (AvgIpc) is 2.87. The zero-order valence-corrected chi connectivity index (χ0v) is 25.8. The van der Waals surface area contributed by atoms with Gasteiger partial charge in [0.25, 0.3) is 6.43 Å². The van der Waals surface area contributed by atoms with Gasteiger partial charge in [0, 0.05) is 23.2 Å². The smallest absolute Gasteiger partial charge is 0.255 e. The maximum absolute atomic E-state index is 14.5. The van der Waals surface area contributed by atoms with E-state index in [9.17, 15) is 23.2 Å². The van der Waals surface area contributed by atoms with Crippen molar-refractivity contribution in [3.63, 3.8) is 0 Å². The molecule has 0 bridgehead atoms. The molecule has 41 heavy (non-hydrogen) atoms. The van der Waals surface area contributed by atoms with Crippen molar-refractivity contribution in [1.29, 1.82) is 0 Å². The maximum Gasteiger partial charge on any atom is 0.255 e. The van der Waals surface area contributed by atoms with E-state index < -0.39 is 23.8 Å². The van der Waals surface area contributed by atoms with Crippen LogP contribution in [0.3, 0.4) is 0 Å². The van der Waals surface area contributed by atoms with Gasteiger partial charge in [-0.25, -0.2) is 13.6 Å². The topological polar surface area (TPSA) is 67.6 Å². The summed E-state index contributed by atoms with van der Waals surface area (Å²) in [5.41, 5.74) is -1.10. The number of Topliss-reactive ketones (excluding diaryl/α,β-unsaturated/α-hetero) is 1. The van der Waals surface area contributed by atoms with E-state index in [-0.39, 0.29) is 69.0 Å². The van der Waals surface area contributed by atoms with Crippen molar-refractivity contribution in [3.05, 3.63) is 34.8 Å². The first-order valence-corrected chi connectivity index (χ1v) is 15.3. The molecule has 0 aromatic rings. The fourth-order valence-corrected chi connectivity index (χ4v) is 10.6. The molecule has 5 nitrogen and oxygen atoms in total. The van der Waals surface area contributed by atoms with E-state index in [2.05, 4.69) is 44.8 Å². The van der Waals surface area contributed by atoms with Crippen LogP contribution in [0.25, 0.3) is 4.85 Å². The zero-order valence-electron chi connectivity index (χ0n) is 25.8. The molecule has 1 N–H and O–H groups in total. The number of nitrogens with one attached hydrogen (secondary N) is 1. The van der Waals surface area contributed by atoms with Crippen LogP contribution < -0.4 is 5.32 Å². The van der Waals surface area contributed by atoms with Gasteiger partial charge in [-0.1, -0.05) is 60.1 Å². The average molecular weight is 569 g/mol. The number of nitrogens with zero attached hydrogens (tertiary/aromatic N) is 1. The fraction of sp³-hybridized carbons (Fsp3) is 0.765. The zero-order chi connectivity index (χ0) is 30.4. The summed E-state index contributed by atoms with van der Waals surface area (Å²) in [7, 11) is 0. The predicted octanol–water partition coefficient (Wildman–Crippen LogP) is 7.33. The Kier molecular flexibility index (Phi) is 6.84. The minimum Gasteiger partial charge on any atom is -0.350 e. The molecule has 0 aliphatic heterocycles. The minimum atomic E-state index is -2.59. The summed E-state index contributed by atoms with van der Waals surface area (Å²) >= 11 is 0. The first-order chi connectivity index (χ1) is 18.9. The van der Waals surface area contributed by atoms with Crippen LogP contribution in [0.2, 0.25) is 0 Å². The second-order valence-electron chi connectivity index (χ2n) is 16.0. The number of allylic oxidation sites excluding steroid dienone is 4. The van der Waals surface area contributed by atoms with Crippen LogP contribution in [0.15, 0.2) is 23.4 Å². The summed E-state index contributed by atoms with van der Waals surface area (Å²) in [4.78, 5) is 44.4. The molecule has 5 rings (SSSR count). The number of carbonyl (C=O) groups excluding carboxylic acids is 3. The Bertz CT molecular complexity index is 1290. The summed E-state index contributed by atoms with van der Waals surface area (Å²) in [5.74, 6) is -0.654. The van der Waals surface area contributed by atoms with E-state index in [1.165, 1.54) is 0 Å². The van der Waals surface area contributed by atoms with Crippen molar-refractivity contribution >= 4 is 17.5 Å². The number of amides is 1. The standard InChI is InChI=1S/C34H46F2N2O3/c1-29(2)11-13-34(18-26(40)38-19-25(35)36)14-12-33(7)27(20(34)16-29)22(39)15-24-31(5)17-21(37-8)28(41)30(3,4)23(31)9-10-32(24,33)6/h15,17,20,23,25,27H,9-14,16,18-19H2,1-7H3,(H,38,40)/t20-,23-,27-,31-,32+,33+,34+/m0/s1. The number of halogens is 2. The van der Waals surface area contributed by atoms with Crippen LogP contribution in [-0.2, 0) is 14.4 Å². The normalized spacial score (nSPS) is 42.5. The molecule has 224 valence electrons. The van der Waals surface area contributed by atoms with E-state index in [1.807, 2.05) is 26.0 Å². The molecule has 0 aromatic heterocycles. The Labute approximate surface area is 243 Å². The van der Waals surface area contributed by atoms with Crippen LogP contribution in [0.5, 0.6) is 0 Å². The van der Waals surface area contributed by atoms with Crippen molar-refractivity contribution in [2.24, 2.45) is 50.2 Å². The minimum absolute atomic E-state index is 0.00454. The second kappa shape index (κ2) is 9.32. The first-order valence-electron chi connectivity index (χ1n) is 15.3. The summed E-state index contributed by atoms with van der Waals surface area (Å²) in [5, 5.41) is 2.44. The highest BCUT2D eigenvalue weighted by atomic mass is 19.3. The Morgan fingerprint density at radius 3 is 2.34 bits per heavy atom. The van der Waals surface area contributed by atoms with E-state index in [0.717, 1.165) is 50.5 Å². The van der Waals surface area contributed by atoms with Gasteiger partial charge < -0.3 is 10.1 Å². The van der Waals surface area contributed by atoms with Gasteiger partial charge in [-0.3, -0.25) is 9.59 Å². The van der Waals surface area contributed by atoms with Crippen molar-refractivity contribution in [3.8, 4) is 0 Å². The highest BCUT2D eigenvalue weighted by Crippen LogP contribution is 2.74. The molecule has 0 spiro atoms. The van der Waals surface area contributed by atoms with E-state index in [0.29, 0.717) is 0 Å². The molecule has 1 amide bonds. The van der Waals surface area contributed by atoms with Gasteiger partial charge in [0.15, 0.2) is 11.6 Å². The van der Waals surface area contributed by atoms with Crippen LogP contribution in [0, 0.1) is 56.8 Å². The summed E-state index contributed by atoms with van der Waals surface area (Å²) in [6.07, 6.45) is 7.15. The van der Waals surface area contributed by atoms with E-state index >= 15 is 0 Å². The van der Waals surface area contributed by atoms with Crippen molar-refractivity contribution in [1.82, 2.24) is 5.32 Å². The number of ketones is 2. The molecule has 0 heterocycles. The van der Waals surface area contributed by atoms with Gasteiger partial charge in [0.1, 0.15) is 0 Å². The molecule has 7 heteroatoms. The second-order valence-corrected chi connectivity index (χ2v) is 16.0. The van der Waals surface area contributed by atoms with Gasteiger partial charge in [-0.2, -0.15) is 0 Å². The van der Waals surface area contributed by atoms with Crippen molar-refractivity contribution in [2.45, 2.75) is 106 Å². The molecule has 5 aliphatic rings. The number of fused-ring (bicyclic) bond motifs is 7. The van der Waals surface area contributed by atoms with Gasteiger partial charge in [-0.05, 0) is 84.5 Å². The Hall–Kier alpha value is -2.36. The quantitative estimate of drug-likeness (QED) is 0.361. The van der Waals surface area contributed by atoms with Crippen LogP contribution in [0.1, 0.15) is 99.8 Å². The van der Waals surface area contributed by atoms with Crippen LogP contribution in [-0.4, -0.2) is 30.4 Å². The molecule has 3 saturated carbocycles. The Morgan fingerprint density at radius 1 is 1.05 bits per heavy atom. The molecule has 3 fully saturated rings. The van der Waals surface area contributed by atoms with Gasteiger partial charge in [0.2, 0.25) is 11.6 Å². The number of hydrogen-bond acceptors (Lipinski definition) is 3. The Balaban J connectivity index is 1.61. The molecular weight excluding hydrogens is 522 g/mol. The third-order valence-electron chi connectivity index (χ3n) is 13.0. The monoisotopic (exact) mass is 568 g/mol. The van der Waals surface area contributed by atoms with Crippen LogP contribution in [0.4, 0.5) is 8.78 Å². The van der Waals surface area contributed by atoms with Crippen molar-refractivity contribution in [2.75, 3.05) is 6.54 Å². The fourth-order valence-electron chi connectivity index (χ4n) is 10.6. The highest BCUT2D eigenvalue weighted by Gasteiger charge is 2.69. The SMILES string of the molecule is [C-]#[N+]C1=C[C@]2(C)C3=CC(=O)[C@@H]4[C@@H]5CC(C)(C)CC[C@]5(CC(=O)NCC(F)F)CC[C@@]4(C)[C@]3(C)CC[C@H]2C(C)(C)C1=O. The van der Waals surface area contributed by atoms with E-state index in [4.69, 9.17) is 6.57 Å². The lowest BCUT2D eigenvalue weighted by Crippen LogP contribution is -2.65. The molecule has 5 aliphatic carbocycles. The number of alkyl halides is 2. The van der Waals surface area contributed by atoms with Crippen molar-refractivity contribution < 1.29 is 23.2 Å². The summed E-state index contributed by atoms with van der Waals surface area (Å²) in [6, 6.07) is 0. The Morgan fingerprint density at radius 2 is 1.71 bits per heavy atom. The molecular formula is C34H46F2N2O3. The first kappa shape index (κ1) is 30.1. The lowest BCUT2D eigenvalue weighted by Gasteiger charge is -2.69. The molecule has 0 saturated heterocycles. The predicted molar refractivity (Wildman–Crippen MR) is 154 cm³/mol. The molecule has 0 aromatic carbocycles. The summed E-state index contributed by atoms with van der Waals surface area (Å²) < 4.78 is 25.8. The van der Waals surface area contributed by atoms with Gasteiger partial charge in [-0.15, -0.1) is 0 Å². The van der Waals surface area contributed by atoms with Gasteiger partial charge in [0.05, 0.1) is 13.1 Å². The molecule has 0 unspecified atom stereocenters. The van der Waals surface area contributed by atoms with E-state index in [1.54, 1.807) is 0 Å². The van der Waals surface area contributed by atoms with Crippen LogP contribution >= 0.6 is 0 Å².